The number of benzene rings is 2. The summed E-state index contributed by atoms with van der Waals surface area (Å²) >= 11 is 6.72. The highest BCUT2D eigenvalue weighted by atomic mass is 35.5. The molecule has 0 spiro atoms. The fraction of sp³-hybridized carbons (Fsp3) is 0.276. The van der Waals surface area contributed by atoms with Gasteiger partial charge in [0.2, 0.25) is 0 Å². The SMILES string of the molecule is COc1ccc2nc(Cl)c(C3C(C#N)=C(N)N(Nc4ccc(C)cc4)C4=C3C(=O)CC(C)(C)C4)cc2c1. The van der Waals surface area contributed by atoms with Crippen molar-refractivity contribution in [3.8, 4) is 11.8 Å². The number of nitrogens with two attached hydrogens (primary N) is 1. The van der Waals surface area contributed by atoms with Crippen LogP contribution in [0.15, 0.2) is 71.2 Å². The lowest BCUT2D eigenvalue weighted by atomic mass is 9.69. The van der Waals surface area contributed by atoms with Crippen LogP contribution in [-0.2, 0) is 4.79 Å². The Bertz CT molecular complexity index is 1530. The minimum Gasteiger partial charge on any atom is -0.497 e. The molecule has 2 aromatic carbocycles. The van der Waals surface area contributed by atoms with Crippen LogP contribution in [0.25, 0.3) is 10.9 Å². The monoisotopic (exact) mass is 513 g/mol. The van der Waals surface area contributed by atoms with Gasteiger partial charge >= 0.3 is 0 Å². The van der Waals surface area contributed by atoms with Gasteiger partial charge in [-0.05, 0) is 55.2 Å². The number of carbonyl (C=O) groups is 1. The summed E-state index contributed by atoms with van der Waals surface area (Å²) in [5.74, 6) is 0.147. The summed E-state index contributed by atoms with van der Waals surface area (Å²) < 4.78 is 5.38. The molecule has 37 heavy (non-hydrogen) atoms. The number of nitrogens with zero attached hydrogens (tertiary/aromatic N) is 3. The third-order valence-electron chi connectivity index (χ3n) is 6.99. The van der Waals surface area contributed by atoms with Gasteiger partial charge in [0.15, 0.2) is 5.78 Å². The number of ketones is 1. The first-order chi connectivity index (χ1) is 17.6. The third kappa shape index (κ3) is 4.38. The van der Waals surface area contributed by atoms with Crippen LogP contribution >= 0.6 is 11.6 Å². The maximum atomic E-state index is 13.7. The molecule has 3 aromatic rings. The topological polar surface area (TPSA) is 104 Å². The van der Waals surface area contributed by atoms with E-state index >= 15 is 0 Å². The van der Waals surface area contributed by atoms with Crippen molar-refractivity contribution in [2.75, 3.05) is 12.5 Å². The number of aromatic nitrogens is 1. The number of ether oxygens (including phenoxy) is 1. The molecule has 1 aromatic heterocycles. The van der Waals surface area contributed by atoms with Gasteiger partial charge in [-0.2, -0.15) is 5.26 Å². The standard InChI is InChI=1S/C29H28ClN5O2/c1-16-5-7-18(8-6-16)34-35-23-13-29(2,3)14-24(36)26(23)25(21(15-31)28(35)32)20-12-17-11-19(37-4)9-10-22(17)33-27(20)30/h5-12,25,34H,13-14,32H2,1-4H3. The van der Waals surface area contributed by atoms with Gasteiger partial charge in [-0.25, -0.2) is 9.99 Å². The summed E-state index contributed by atoms with van der Waals surface area (Å²) in [5.41, 5.74) is 14.4. The molecule has 0 saturated heterocycles. The van der Waals surface area contributed by atoms with Crippen molar-refractivity contribution in [2.24, 2.45) is 11.1 Å². The van der Waals surface area contributed by atoms with Gasteiger partial charge in [-0.15, -0.1) is 0 Å². The summed E-state index contributed by atoms with van der Waals surface area (Å²) in [5, 5.41) is 13.0. The van der Waals surface area contributed by atoms with Crippen LogP contribution in [0.5, 0.6) is 5.75 Å². The average molecular weight is 514 g/mol. The smallest absolute Gasteiger partial charge is 0.162 e. The molecule has 0 saturated carbocycles. The molecule has 8 heteroatoms. The number of halogens is 1. The summed E-state index contributed by atoms with van der Waals surface area (Å²) in [7, 11) is 1.60. The number of fused-ring (bicyclic) bond motifs is 1. The first-order valence-corrected chi connectivity index (χ1v) is 12.4. The number of anilines is 1. The maximum absolute atomic E-state index is 13.7. The lowest BCUT2D eigenvalue weighted by Gasteiger charge is -2.43. The van der Waals surface area contributed by atoms with Crippen LogP contribution in [0.2, 0.25) is 5.15 Å². The quantitative estimate of drug-likeness (QED) is 0.414. The van der Waals surface area contributed by atoms with E-state index in [2.05, 4.69) is 30.3 Å². The highest BCUT2D eigenvalue weighted by molar-refractivity contribution is 6.31. The Kier molecular flexibility index (Phi) is 6.09. The Morgan fingerprint density at radius 2 is 1.92 bits per heavy atom. The molecule has 1 aliphatic heterocycles. The zero-order valence-electron chi connectivity index (χ0n) is 21.2. The van der Waals surface area contributed by atoms with E-state index in [4.69, 9.17) is 22.1 Å². The number of aryl methyl sites for hydroxylation is 1. The number of pyridine rings is 1. The van der Waals surface area contributed by atoms with Crippen molar-refractivity contribution < 1.29 is 9.53 Å². The first kappa shape index (κ1) is 24.7. The van der Waals surface area contributed by atoms with Gasteiger partial charge in [-0.3, -0.25) is 10.2 Å². The van der Waals surface area contributed by atoms with E-state index in [1.165, 1.54) is 0 Å². The Balaban J connectivity index is 1.72. The Labute approximate surface area is 221 Å². The molecule has 5 rings (SSSR count). The highest BCUT2D eigenvalue weighted by Crippen LogP contribution is 2.50. The number of hydrazine groups is 1. The van der Waals surface area contributed by atoms with E-state index in [9.17, 15) is 10.1 Å². The van der Waals surface area contributed by atoms with E-state index < -0.39 is 5.92 Å². The fourth-order valence-corrected chi connectivity index (χ4v) is 5.44. The zero-order valence-corrected chi connectivity index (χ0v) is 22.0. The van der Waals surface area contributed by atoms with Gasteiger partial charge < -0.3 is 10.5 Å². The molecular weight excluding hydrogens is 486 g/mol. The van der Waals surface area contributed by atoms with E-state index in [1.54, 1.807) is 12.1 Å². The number of Topliss-reactive ketones (excluding diaryl/α,β-unsaturated/α-hetero) is 1. The molecule has 7 nitrogen and oxygen atoms in total. The molecule has 2 aliphatic rings. The Morgan fingerprint density at radius 3 is 2.59 bits per heavy atom. The van der Waals surface area contributed by atoms with E-state index in [-0.39, 0.29) is 27.7 Å². The molecule has 0 fully saturated rings. The van der Waals surface area contributed by atoms with Gasteiger partial charge in [-0.1, -0.05) is 43.1 Å². The second-order valence-corrected chi connectivity index (χ2v) is 10.7. The number of hydrogen-bond acceptors (Lipinski definition) is 7. The third-order valence-corrected chi connectivity index (χ3v) is 7.29. The minimum atomic E-state index is -0.727. The predicted octanol–water partition coefficient (Wildman–Crippen LogP) is 5.97. The number of methoxy groups -OCH3 is 1. The fourth-order valence-electron chi connectivity index (χ4n) is 5.18. The van der Waals surface area contributed by atoms with Crippen molar-refractivity contribution >= 4 is 34.0 Å². The van der Waals surface area contributed by atoms with Crippen molar-refractivity contribution in [1.82, 2.24) is 9.99 Å². The molecule has 0 bridgehead atoms. The second kappa shape index (κ2) is 9.13. The van der Waals surface area contributed by atoms with Crippen LogP contribution in [0.4, 0.5) is 5.69 Å². The van der Waals surface area contributed by atoms with E-state index in [0.29, 0.717) is 35.2 Å². The molecule has 188 valence electrons. The van der Waals surface area contributed by atoms with Crippen molar-refractivity contribution in [2.45, 2.75) is 39.5 Å². The number of carbonyl (C=O) groups excluding carboxylic acids is 1. The molecule has 1 atom stereocenters. The summed E-state index contributed by atoms with van der Waals surface area (Å²) in [6.07, 6.45) is 0.946. The van der Waals surface area contributed by atoms with E-state index in [0.717, 1.165) is 22.3 Å². The average Bonchev–Trinajstić information content (AvgIpc) is 2.85. The molecule has 1 unspecified atom stereocenters. The van der Waals surface area contributed by atoms with Crippen molar-refractivity contribution in [3.05, 3.63) is 87.5 Å². The molecular formula is C29H28ClN5O2. The minimum absolute atomic E-state index is 0.0333. The van der Waals surface area contributed by atoms with Crippen molar-refractivity contribution in [3.63, 3.8) is 0 Å². The van der Waals surface area contributed by atoms with Gasteiger partial charge in [0, 0.05) is 22.9 Å². The Hall–Kier alpha value is -4.02. The van der Waals surface area contributed by atoms with Crippen LogP contribution in [0, 0.1) is 23.7 Å². The second-order valence-electron chi connectivity index (χ2n) is 10.4. The number of allylic oxidation sites excluding steroid dienone is 3. The summed E-state index contributed by atoms with van der Waals surface area (Å²) in [4.78, 5) is 18.3. The lowest BCUT2D eigenvalue weighted by Crippen LogP contribution is -2.44. The number of nitrogens with one attached hydrogen (secondary N) is 1. The number of rotatable bonds is 4. The highest BCUT2D eigenvalue weighted by Gasteiger charge is 2.45. The molecule has 2 heterocycles. The van der Waals surface area contributed by atoms with Crippen LogP contribution in [0.1, 0.15) is 43.7 Å². The molecule has 0 radical (unpaired) electrons. The van der Waals surface area contributed by atoms with Crippen LogP contribution in [-0.4, -0.2) is 22.9 Å². The molecule has 0 amide bonds. The molecule has 1 aliphatic carbocycles. The summed E-state index contributed by atoms with van der Waals surface area (Å²) in [6.45, 7) is 6.13. The van der Waals surface area contributed by atoms with Gasteiger partial charge in [0.25, 0.3) is 0 Å². The first-order valence-electron chi connectivity index (χ1n) is 12.1. The van der Waals surface area contributed by atoms with Gasteiger partial charge in [0.1, 0.15) is 16.7 Å². The summed E-state index contributed by atoms with van der Waals surface area (Å²) in [6, 6.07) is 17.5. The van der Waals surface area contributed by atoms with E-state index in [1.807, 2.05) is 55.5 Å². The van der Waals surface area contributed by atoms with Crippen LogP contribution in [0.3, 0.4) is 0 Å². The largest absolute Gasteiger partial charge is 0.497 e. The zero-order chi connectivity index (χ0) is 26.5. The van der Waals surface area contributed by atoms with Crippen molar-refractivity contribution in [1.29, 1.82) is 5.26 Å². The Morgan fingerprint density at radius 1 is 1.19 bits per heavy atom. The molecule has 3 N–H and O–H groups in total. The number of nitriles is 1. The number of hydrogen-bond donors (Lipinski definition) is 2. The normalized spacial score (nSPS) is 19.1. The van der Waals surface area contributed by atoms with Gasteiger partial charge in [0.05, 0.1) is 41.6 Å². The maximum Gasteiger partial charge on any atom is 0.162 e. The predicted molar refractivity (Wildman–Crippen MR) is 145 cm³/mol. The van der Waals surface area contributed by atoms with Crippen LogP contribution < -0.4 is 15.9 Å². The lowest BCUT2D eigenvalue weighted by molar-refractivity contribution is -0.118.